The summed E-state index contributed by atoms with van der Waals surface area (Å²) >= 11 is 0. The van der Waals surface area contributed by atoms with Crippen LogP contribution in [0.3, 0.4) is 0 Å². The molecule has 0 amide bonds. The molecule has 3 heterocycles. The van der Waals surface area contributed by atoms with Crippen LogP contribution in [-0.4, -0.2) is 19.9 Å². The number of rotatable bonds is 5. The zero-order valence-electron chi connectivity index (χ0n) is 26.0. The van der Waals surface area contributed by atoms with Crippen LogP contribution in [0.1, 0.15) is 0 Å². The SMILES string of the molecule is c1ccc(-c2cc(-c3ccccc3)nc(-c3ccc(-c4ccc5ccc6ccc(-c7cccc8ccccc78)nc6c5n4)cc3)n2)cc1. The predicted molar refractivity (Wildman–Crippen MR) is 197 cm³/mol. The van der Waals surface area contributed by atoms with E-state index in [1.54, 1.807) is 0 Å². The topological polar surface area (TPSA) is 51.6 Å². The molecule has 0 aliphatic rings. The van der Waals surface area contributed by atoms with E-state index in [0.29, 0.717) is 5.82 Å². The summed E-state index contributed by atoms with van der Waals surface area (Å²) in [5.74, 6) is 0.685. The molecule has 224 valence electrons. The fourth-order valence-corrected chi connectivity index (χ4v) is 6.41. The molecule has 48 heavy (non-hydrogen) atoms. The second kappa shape index (κ2) is 11.7. The number of hydrogen-bond acceptors (Lipinski definition) is 4. The summed E-state index contributed by atoms with van der Waals surface area (Å²) in [5, 5.41) is 4.52. The standard InChI is InChI=1S/C44H28N4/c1-3-11-30(12-4-1)40-28-41(31-13-5-2-6-14-31)48-44(47-40)35-22-18-32(19-23-35)38-26-24-33-20-21-34-25-27-39(46-43(34)42(33)45-38)37-17-9-15-29-10-7-8-16-36(29)37/h1-28H. The zero-order valence-corrected chi connectivity index (χ0v) is 26.0. The van der Waals surface area contributed by atoms with Gasteiger partial charge in [-0.25, -0.2) is 19.9 Å². The van der Waals surface area contributed by atoms with E-state index in [4.69, 9.17) is 19.9 Å². The average molecular weight is 613 g/mol. The lowest BCUT2D eigenvalue weighted by atomic mass is 10.0. The van der Waals surface area contributed by atoms with E-state index < -0.39 is 0 Å². The molecule has 9 aromatic rings. The normalized spacial score (nSPS) is 11.3. The Hall–Kier alpha value is -6.52. The fourth-order valence-electron chi connectivity index (χ4n) is 6.41. The second-order valence-electron chi connectivity index (χ2n) is 11.9. The molecule has 0 fully saturated rings. The van der Waals surface area contributed by atoms with Crippen LogP contribution in [-0.2, 0) is 0 Å². The number of hydrogen-bond donors (Lipinski definition) is 0. The maximum absolute atomic E-state index is 5.20. The molecular weight excluding hydrogens is 585 g/mol. The first-order valence-corrected chi connectivity index (χ1v) is 16.1. The lowest BCUT2D eigenvalue weighted by molar-refractivity contribution is 1.18. The van der Waals surface area contributed by atoms with Gasteiger partial charge in [-0.1, -0.05) is 152 Å². The lowest BCUT2D eigenvalue weighted by Crippen LogP contribution is -1.96. The minimum atomic E-state index is 0.685. The number of benzene rings is 6. The maximum atomic E-state index is 5.20. The van der Waals surface area contributed by atoms with Gasteiger partial charge < -0.3 is 0 Å². The minimum Gasteiger partial charge on any atom is -0.245 e. The molecule has 0 spiro atoms. The van der Waals surface area contributed by atoms with Gasteiger partial charge in [0.2, 0.25) is 0 Å². The molecule has 0 aliphatic carbocycles. The number of aromatic nitrogens is 4. The minimum absolute atomic E-state index is 0.685. The first-order valence-electron chi connectivity index (χ1n) is 16.1. The molecule has 0 radical (unpaired) electrons. The Kier molecular flexibility index (Phi) is 6.76. The highest BCUT2D eigenvalue weighted by Gasteiger charge is 2.13. The Morgan fingerprint density at radius 1 is 0.292 bits per heavy atom. The van der Waals surface area contributed by atoms with Crippen molar-refractivity contribution in [1.29, 1.82) is 0 Å². The van der Waals surface area contributed by atoms with Crippen LogP contribution in [0.4, 0.5) is 0 Å². The highest BCUT2D eigenvalue weighted by Crippen LogP contribution is 2.33. The van der Waals surface area contributed by atoms with E-state index in [2.05, 4.69) is 133 Å². The quantitative estimate of drug-likeness (QED) is 0.181. The number of fused-ring (bicyclic) bond motifs is 4. The summed E-state index contributed by atoms with van der Waals surface area (Å²) in [7, 11) is 0. The first kappa shape index (κ1) is 27.8. The van der Waals surface area contributed by atoms with Gasteiger partial charge in [-0.2, -0.15) is 0 Å². The third kappa shape index (κ3) is 5.06. The number of nitrogens with zero attached hydrogens (tertiary/aromatic N) is 4. The second-order valence-corrected chi connectivity index (χ2v) is 11.9. The molecule has 0 aliphatic heterocycles. The van der Waals surface area contributed by atoms with Crippen LogP contribution >= 0.6 is 0 Å². The van der Waals surface area contributed by atoms with Gasteiger partial charge in [-0.05, 0) is 29.0 Å². The van der Waals surface area contributed by atoms with E-state index >= 15 is 0 Å². The summed E-state index contributed by atoms with van der Waals surface area (Å²) in [6, 6.07) is 58.5. The molecule has 9 rings (SSSR count). The van der Waals surface area contributed by atoms with E-state index in [1.807, 2.05) is 36.4 Å². The zero-order chi connectivity index (χ0) is 31.9. The van der Waals surface area contributed by atoms with Crippen LogP contribution in [0.15, 0.2) is 170 Å². The molecule has 3 aromatic heterocycles. The molecule has 4 nitrogen and oxygen atoms in total. The highest BCUT2D eigenvalue weighted by atomic mass is 14.9. The Bertz CT molecular complexity index is 2530. The molecule has 0 saturated carbocycles. The molecular formula is C44H28N4. The molecule has 0 atom stereocenters. The van der Waals surface area contributed by atoms with Crippen LogP contribution < -0.4 is 0 Å². The van der Waals surface area contributed by atoms with E-state index in [1.165, 1.54) is 10.8 Å². The third-order valence-corrected chi connectivity index (χ3v) is 8.89. The highest BCUT2D eigenvalue weighted by molar-refractivity contribution is 6.05. The van der Waals surface area contributed by atoms with Gasteiger partial charge in [0.25, 0.3) is 0 Å². The van der Waals surface area contributed by atoms with Gasteiger partial charge in [-0.15, -0.1) is 0 Å². The van der Waals surface area contributed by atoms with E-state index in [9.17, 15) is 0 Å². The van der Waals surface area contributed by atoms with Crippen LogP contribution in [0.25, 0.3) is 89.0 Å². The fraction of sp³-hybridized carbons (Fsp3) is 0. The lowest BCUT2D eigenvalue weighted by Gasteiger charge is -2.11. The van der Waals surface area contributed by atoms with E-state index in [-0.39, 0.29) is 0 Å². The van der Waals surface area contributed by atoms with Gasteiger partial charge in [0.1, 0.15) is 0 Å². The smallest absolute Gasteiger partial charge is 0.160 e. The molecule has 4 heteroatoms. The molecule has 6 aromatic carbocycles. The summed E-state index contributed by atoms with van der Waals surface area (Å²) < 4.78 is 0. The first-order chi connectivity index (χ1) is 23.8. The molecule has 0 unspecified atom stereocenters. The van der Waals surface area contributed by atoms with Crippen LogP contribution in [0, 0.1) is 0 Å². The van der Waals surface area contributed by atoms with Crippen LogP contribution in [0.2, 0.25) is 0 Å². The van der Waals surface area contributed by atoms with Gasteiger partial charge in [-0.3, -0.25) is 0 Å². The summed E-state index contributed by atoms with van der Waals surface area (Å²) in [5.41, 5.74) is 10.6. The van der Waals surface area contributed by atoms with Gasteiger partial charge in [0.15, 0.2) is 5.82 Å². The molecule has 0 saturated heterocycles. The Morgan fingerprint density at radius 3 is 1.46 bits per heavy atom. The van der Waals surface area contributed by atoms with Crippen molar-refractivity contribution in [2.45, 2.75) is 0 Å². The van der Waals surface area contributed by atoms with Crippen molar-refractivity contribution in [1.82, 2.24) is 19.9 Å². The van der Waals surface area contributed by atoms with Crippen molar-refractivity contribution in [2.24, 2.45) is 0 Å². The van der Waals surface area contributed by atoms with Crippen LogP contribution in [0.5, 0.6) is 0 Å². The van der Waals surface area contributed by atoms with E-state index in [0.717, 1.165) is 72.4 Å². The Labute approximate surface area is 278 Å². The van der Waals surface area contributed by atoms with Crippen molar-refractivity contribution < 1.29 is 0 Å². The Balaban J connectivity index is 1.12. The third-order valence-electron chi connectivity index (χ3n) is 8.89. The number of pyridine rings is 2. The summed E-state index contributed by atoms with van der Waals surface area (Å²) in [4.78, 5) is 20.4. The monoisotopic (exact) mass is 612 g/mol. The van der Waals surface area contributed by atoms with Crippen molar-refractivity contribution >= 4 is 32.6 Å². The maximum Gasteiger partial charge on any atom is 0.160 e. The van der Waals surface area contributed by atoms with Crippen molar-refractivity contribution in [3.63, 3.8) is 0 Å². The van der Waals surface area contributed by atoms with Crippen molar-refractivity contribution in [2.75, 3.05) is 0 Å². The molecule has 0 N–H and O–H groups in total. The average Bonchev–Trinajstić information content (AvgIpc) is 3.18. The summed E-state index contributed by atoms with van der Waals surface area (Å²) in [6.07, 6.45) is 0. The van der Waals surface area contributed by atoms with Crippen molar-refractivity contribution in [3.05, 3.63) is 170 Å². The van der Waals surface area contributed by atoms with Gasteiger partial charge in [0.05, 0.1) is 33.8 Å². The Morgan fingerprint density at radius 2 is 0.792 bits per heavy atom. The predicted octanol–water partition coefficient (Wildman–Crippen LogP) is 11.1. The van der Waals surface area contributed by atoms with Crippen molar-refractivity contribution in [3.8, 4) is 56.4 Å². The largest absolute Gasteiger partial charge is 0.245 e. The van der Waals surface area contributed by atoms with Gasteiger partial charge in [0, 0.05) is 38.6 Å². The van der Waals surface area contributed by atoms with Gasteiger partial charge >= 0.3 is 0 Å². The molecule has 0 bridgehead atoms. The summed E-state index contributed by atoms with van der Waals surface area (Å²) in [6.45, 7) is 0.